The van der Waals surface area contributed by atoms with Crippen molar-refractivity contribution < 1.29 is 0 Å². The van der Waals surface area contributed by atoms with Crippen LogP contribution >= 0.6 is 0 Å². The number of aromatic nitrogens is 2. The molecular formula is C14H25N3. The monoisotopic (exact) mass is 235 g/mol. The summed E-state index contributed by atoms with van der Waals surface area (Å²) in [5, 5.41) is 3.40. The fraction of sp³-hybridized carbons (Fsp3) is 0.786. The van der Waals surface area contributed by atoms with Crippen molar-refractivity contribution in [2.45, 2.75) is 59.5 Å². The van der Waals surface area contributed by atoms with Crippen molar-refractivity contribution in [2.24, 2.45) is 5.92 Å². The summed E-state index contributed by atoms with van der Waals surface area (Å²) < 4.78 is 2.49. The zero-order chi connectivity index (χ0) is 12.4. The molecule has 3 nitrogen and oxygen atoms in total. The molecule has 1 unspecified atom stereocenters. The summed E-state index contributed by atoms with van der Waals surface area (Å²) in [5.74, 6) is 1.96. The van der Waals surface area contributed by atoms with Gasteiger partial charge in [0.2, 0.25) is 0 Å². The highest BCUT2D eigenvalue weighted by molar-refractivity contribution is 5.20. The van der Waals surface area contributed by atoms with E-state index in [9.17, 15) is 0 Å². The van der Waals surface area contributed by atoms with Crippen LogP contribution in [0.4, 0.5) is 0 Å². The Balaban J connectivity index is 2.34. The summed E-state index contributed by atoms with van der Waals surface area (Å²) in [4.78, 5) is 4.72. The molecule has 1 aromatic rings. The van der Waals surface area contributed by atoms with E-state index in [-0.39, 0.29) is 0 Å². The third kappa shape index (κ3) is 2.25. The van der Waals surface area contributed by atoms with Crippen LogP contribution in [0.15, 0.2) is 0 Å². The second-order valence-electron chi connectivity index (χ2n) is 5.17. The van der Waals surface area contributed by atoms with Gasteiger partial charge in [-0.05, 0) is 19.8 Å². The molecule has 1 aliphatic rings. The fourth-order valence-corrected chi connectivity index (χ4v) is 3.19. The molecule has 0 saturated carbocycles. The molecule has 0 aromatic carbocycles. The predicted octanol–water partition coefficient (Wildman–Crippen LogP) is 2.83. The normalized spacial score (nSPS) is 17.2. The molecule has 96 valence electrons. The number of nitrogens with zero attached hydrogens (tertiary/aromatic N) is 2. The van der Waals surface area contributed by atoms with Gasteiger partial charge < -0.3 is 9.88 Å². The molecule has 0 saturated heterocycles. The predicted molar refractivity (Wildman–Crippen MR) is 71.2 cm³/mol. The molecule has 1 N–H and O–H groups in total. The van der Waals surface area contributed by atoms with Gasteiger partial charge >= 0.3 is 0 Å². The molecule has 0 radical (unpaired) electrons. The summed E-state index contributed by atoms with van der Waals surface area (Å²) in [6, 6.07) is 0.583. The molecule has 17 heavy (non-hydrogen) atoms. The lowest BCUT2D eigenvalue weighted by Crippen LogP contribution is -2.27. The van der Waals surface area contributed by atoms with Gasteiger partial charge in [-0.25, -0.2) is 4.98 Å². The van der Waals surface area contributed by atoms with Gasteiger partial charge in [0.25, 0.3) is 0 Å². The van der Waals surface area contributed by atoms with Crippen molar-refractivity contribution in [3.8, 4) is 0 Å². The van der Waals surface area contributed by atoms with Crippen molar-refractivity contribution in [2.75, 3.05) is 6.54 Å². The van der Waals surface area contributed by atoms with Gasteiger partial charge in [0.15, 0.2) is 0 Å². The summed E-state index contributed by atoms with van der Waals surface area (Å²) in [7, 11) is 0. The van der Waals surface area contributed by atoms with Crippen LogP contribution in [0, 0.1) is 12.8 Å². The maximum Gasteiger partial charge on any atom is 0.106 e. The number of imidazole rings is 1. The Morgan fingerprint density at radius 3 is 2.71 bits per heavy atom. The van der Waals surface area contributed by atoms with Crippen LogP contribution in [-0.2, 0) is 13.0 Å². The number of fused-ring (bicyclic) bond motifs is 1. The number of hydrogen-bond acceptors (Lipinski definition) is 2. The van der Waals surface area contributed by atoms with Crippen LogP contribution in [0.25, 0.3) is 0 Å². The molecule has 0 amide bonds. The zero-order valence-corrected chi connectivity index (χ0v) is 11.6. The molecule has 0 spiro atoms. The van der Waals surface area contributed by atoms with E-state index in [1.165, 1.54) is 30.1 Å². The third-order valence-corrected chi connectivity index (χ3v) is 4.24. The summed E-state index contributed by atoms with van der Waals surface area (Å²) >= 11 is 0. The Labute approximate surface area is 105 Å². The van der Waals surface area contributed by atoms with Crippen molar-refractivity contribution in [3.05, 3.63) is 17.2 Å². The van der Waals surface area contributed by atoms with Gasteiger partial charge in [0, 0.05) is 31.2 Å². The highest BCUT2D eigenvalue weighted by atomic mass is 15.1. The summed E-state index contributed by atoms with van der Waals surface area (Å²) in [6.45, 7) is 11.1. The Morgan fingerprint density at radius 2 is 2.06 bits per heavy atom. The molecule has 2 heterocycles. The van der Waals surface area contributed by atoms with Gasteiger partial charge in [0.05, 0.1) is 5.69 Å². The molecule has 3 heteroatoms. The molecular weight excluding hydrogens is 210 g/mol. The first kappa shape index (κ1) is 12.6. The van der Waals surface area contributed by atoms with Crippen LogP contribution < -0.4 is 5.32 Å². The standard InChI is InChI=1S/C14H25N3/c1-5-12(6-2)10(3)17-11(4)16-13-9-15-8-7-14(13)17/h10,12,15H,5-9H2,1-4H3. The SMILES string of the molecule is CCC(CC)C(C)n1c(C)nc2c1CCNC2. The number of hydrogen-bond donors (Lipinski definition) is 1. The van der Waals surface area contributed by atoms with Gasteiger partial charge in [0.1, 0.15) is 5.82 Å². The van der Waals surface area contributed by atoms with Crippen molar-refractivity contribution in [1.29, 1.82) is 0 Å². The maximum absolute atomic E-state index is 4.72. The summed E-state index contributed by atoms with van der Waals surface area (Å²) in [5.41, 5.74) is 2.74. The minimum absolute atomic E-state index is 0.583. The average molecular weight is 235 g/mol. The molecule has 2 rings (SSSR count). The Morgan fingerprint density at radius 1 is 1.35 bits per heavy atom. The highest BCUT2D eigenvalue weighted by Gasteiger charge is 2.24. The van der Waals surface area contributed by atoms with E-state index in [4.69, 9.17) is 4.98 Å². The largest absolute Gasteiger partial charge is 0.329 e. The quantitative estimate of drug-likeness (QED) is 0.869. The van der Waals surface area contributed by atoms with E-state index < -0.39 is 0 Å². The first-order valence-corrected chi connectivity index (χ1v) is 6.96. The van der Waals surface area contributed by atoms with Gasteiger partial charge in [-0.1, -0.05) is 26.7 Å². The van der Waals surface area contributed by atoms with Crippen LogP contribution in [0.5, 0.6) is 0 Å². The van der Waals surface area contributed by atoms with Crippen LogP contribution in [0.2, 0.25) is 0 Å². The number of nitrogens with one attached hydrogen (secondary N) is 1. The lowest BCUT2D eigenvalue weighted by Gasteiger charge is -2.27. The molecule has 0 fully saturated rings. The Kier molecular flexibility index (Phi) is 3.87. The number of rotatable bonds is 4. The first-order valence-electron chi connectivity index (χ1n) is 6.96. The third-order valence-electron chi connectivity index (χ3n) is 4.24. The van der Waals surface area contributed by atoms with Crippen molar-refractivity contribution >= 4 is 0 Å². The second-order valence-corrected chi connectivity index (χ2v) is 5.17. The summed E-state index contributed by atoms with van der Waals surface area (Å²) in [6.07, 6.45) is 3.63. The van der Waals surface area contributed by atoms with Crippen LogP contribution in [0.1, 0.15) is 56.9 Å². The van der Waals surface area contributed by atoms with Gasteiger partial charge in [-0.3, -0.25) is 0 Å². The molecule has 1 aliphatic heterocycles. The topological polar surface area (TPSA) is 29.9 Å². The lowest BCUT2D eigenvalue weighted by atomic mass is 9.94. The Bertz CT molecular complexity index is 377. The van der Waals surface area contributed by atoms with E-state index in [1.54, 1.807) is 0 Å². The maximum atomic E-state index is 4.72. The fourth-order valence-electron chi connectivity index (χ4n) is 3.19. The van der Waals surface area contributed by atoms with Gasteiger partial charge in [-0.15, -0.1) is 0 Å². The minimum Gasteiger partial charge on any atom is -0.329 e. The minimum atomic E-state index is 0.583. The van der Waals surface area contributed by atoms with E-state index >= 15 is 0 Å². The molecule has 0 aliphatic carbocycles. The van der Waals surface area contributed by atoms with Crippen molar-refractivity contribution in [3.63, 3.8) is 0 Å². The molecule has 1 aromatic heterocycles. The lowest BCUT2D eigenvalue weighted by molar-refractivity contribution is 0.321. The molecule has 0 bridgehead atoms. The van der Waals surface area contributed by atoms with E-state index in [2.05, 4.69) is 37.6 Å². The van der Waals surface area contributed by atoms with Gasteiger partial charge in [-0.2, -0.15) is 0 Å². The van der Waals surface area contributed by atoms with Crippen molar-refractivity contribution in [1.82, 2.24) is 14.9 Å². The van der Waals surface area contributed by atoms with Crippen LogP contribution in [-0.4, -0.2) is 16.1 Å². The highest BCUT2D eigenvalue weighted by Crippen LogP contribution is 2.29. The molecule has 1 atom stereocenters. The Hall–Kier alpha value is -0.830. The van der Waals surface area contributed by atoms with E-state index in [0.29, 0.717) is 6.04 Å². The zero-order valence-electron chi connectivity index (χ0n) is 11.6. The number of aryl methyl sites for hydroxylation is 1. The smallest absolute Gasteiger partial charge is 0.106 e. The average Bonchev–Trinajstić information content (AvgIpc) is 2.66. The second kappa shape index (κ2) is 5.21. The van der Waals surface area contributed by atoms with E-state index in [1.807, 2.05) is 0 Å². The van der Waals surface area contributed by atoms with Crippen LogP contribution in [0.3, 0.4) is 0 Å². The first-order chi connectivity index (χ1) is 8.19. The van der Waals surface area contributed by atoms with E-state index in [0.717, 1.165) is 25.4 Å².